The van der Waals surface area contributed by atoms with Crippen molar-refractivity contribution >= 4 is 40.2 Å². The molecule has 0 spiro atoms. The van der Waals surface area contributed by atoms with Crippen LogP contribution in [0.5, 0.6) is 11.5 Å². The molecule has 39 heavy (non-hydrogen) atoms. The van der Waals surface area contributed by atoms with Crippen LogP contribution in [0.4, 0.5) is 5.69 Å². The van der Waals surface area contributed by atoms with Crippen LogP contribution in [0.25, 0.3) is 10.8 Å². The van der Waals surface area contributed by atoms with Crippen LogP contribution in [0.3, 0.4) is 0 Å². The van der Waals surface area contributed by atoms with Crippen molar-refractivity contribution in [1.29, 1.82) is 0 Å². The number of benzene rings is 4. The van der Waals surface area contributed by atoms with Crippen molar-refractivity contribution in [3.8, 4) is 11.5 Å². The van der Waals surface area contributed by atoms with E-state index < -0.39 is 30.3 Å². The van der Waals surface area contributed by atoms with E-state index in [0.29, 0.717) is 17.0 Å². The standard InChI is InChI=1S/C30H25N3O6/c34-27(31-32-29(36)21-8-2-1-3-9-21)19-38-30(37)22-17-28(35)33(18-22)23-13-15-24(16-14-23)39-26-12-6-10-20-7-4-5-11-25(20)26/h1-16,22H,17-19H2,(H,31,34)(H,32,36)/t22-/m0/s1. The molecule has 1 aliphatic rings. The quantitative estimate of drug-likeness (QED) is 0.280. The first-order valence-electron chi connectivity index (χ1n) is 12.3. The van der Waals surface area contributed by atoms with E-state index in [0.717, 1.165) is 16.5 Å². The Bertz CT molecular complexity index is 1520. The number of anilines is 1. The summed E-state index contributed by atoms with van der Waals surface area (Å²) >= 11 is 0. The van der Waals surface area contributed by atoms with Gasteiger partial charge in [-0.2, -0.15) is 0 Å². The van der Waals surface area contributed by atoms with Gasteiger partial charge in [-0.25, -0.2) is 0 Å². The average molecular weight is 524 g/mol. The molecule has 0 aliphatic carbocycles. The van der Waals surface area contributed by atoms with Gasteiger partial charge in [-0.05, 0) is 47.9 Å². The highest BCUT2D eigenvalue weighted by Crippen LogP contribution is 2.32. The number of rotatable bonds is 7. The molecular weight excluding hydrogens is 498 g/mol. The molecule has 5 rings (SSSR count). The van der Waals surface area contributed by atoms with Gasteiger partial charge in [0.2, 0.25) is 5.91 Å². The Balaban J connectivity index is 1.12. The first-order valence-corrected chi connectivity index (χ1v) is 12.3. The van der Waals surface area contributed by atoms with Gasteiger partial charge in [-0.15, -0.1) is 0 Å². The minimum atomic E-state index is -0.712. The van der Waals surface area contributed by atoms with Crippen molar-refractivity contribution in [3.05, 3.63) is 103 Å². The Labute approximate surface area is 224 Å². The number of hydrogen-bond donors (Lipinski definition) is 2. The summed E-state index contributed by atoms with van der Waals surface area (Å²) in [5, 5.41) is 2.06. The van der Waals surface area contributed by atoms with E-state index in [1.807, 2.05) is 42.5 Å². The molecule has 1 heterocycles. The van der Waals surface area contributed by atoms with Gasteiger partial charge in [-0.1, -0.05) is 54.6 Å². The highest BCUT2D eigenvalue weighted by molar-refractivity contribution is 6.00. The maximum atomic E-state index is 12.6. The fourth-order valence-corrected chi connectivity index (χ4v) is 4.30. The Morgan fingerprint density at radius 1 is 0.821 bits per heavy atom. The SMILES string of the molecule is O=C(COC(=O)[C@H]1CC(=O)N(c2ccc(Oc3cccc4ccccc34)cc2)C1)NNC(=O)c1ccccc1. The lowest BCUT2D eigenvalue weighted by atomic mass is 10.1. The highest BCUT2D eigenvalue weighted by atomic mass is 16.5. The topological polar surface area (TPSA) is 114 Å². The summed E-state index contributed by atoms with van der Waals surface area (Å²) in [6.07, 6.45) is -0.0283. The number of hydrazine groups is 1. The van der Waals surface area contributed by atoms with Crippen LogP contribution in [-0.2, 0) is 19.1 Å². The number of carbonyl (C=O) groups excluding carboxylic acids is 4. The van der Waals surface area contributed by atoms with Crippen LogP contribution in [0.2, 0.25) is 0 Å². The van der Waals surface area contributed by atoms with Crippen molar-refractivity contribution in [3.63, 3.8) is 0 Å². The normalized spacial score (nSPS) is 14.6. The molecule has 1 fully saturated rings. The van der Waals surface area contributed by atoms with Crippen LogP contribution in [0.1, 0.15) is 16.8 Å². The summed E-state index contributed by atoms with van der Waals surface area (Å²) < 4.78 is 11.1. The van der Waals surface area contributed by atoms with Gasteiger partial charge in [0.05, 0.1) is 5.92 Å². The molecule has 0 aromatic heterocycles. The fourth-order valence-electron chi connectivity index (χ4n) is 4.30. The molecule has 0 unspecified atom stereocenters. The van der Waals surface area contributed by atoms with Crippen molar-refractivity contribution in [2.45, 2.75) is 6.42 Å². The lowest BCUT2D eigenvalue weighted by Gasteiger charge is -2.17. The van der Waals surface area contributed by atoms with E-state index in [2.05, 4.69) is 10.9 Å². The van der Waals surface area contributed by atoms with Crippen molar-refractivity contribution in [1.82, 2.24) is 10.9 Å². The minimum Gasteiger partial charge on any atom is -0.457 e. The number of ether oxygens (including phenoxy) is 2. The number of nitrogens with one attached hydrogen (secondary N) is 2. The van der Waals surface area contributed by atoms with Crippen molar-refractivity contribution < 1.29 is 28.7 Å². The second kappa shape index (κ2) is 11.5. The van der Waals surface area contributed by atoms with Gasteiger partial charge in [0.25, 0.3) is 11.8 Å². The third-order valence-electron chi connectivity index (χ3n) is 6.28. The molecule has 9 nitrogen and oxygen atoms in total. The summed E-state index contributed by atoms with van der Waals surface area (Å²) in [6.45, 7) is -0.452. The highest BCUT2D eigenvalue weighted by Gasteiger charge is 2.36. The number of carbonyl (C=O) groups is 4. The third kappa shape index (κ3) is 6.04. The maximum Gasteiger partial charge on any atom is 0.311 e. The van der Waals surface area contributed by atoms with Gasteiger partial charge < -0.3 is 14.4 Å². The molecule has 3 amide bonds. The van der Waals surface area contributed by atoms with Crippen molar-refractivity contribution in [2.75, 3.05) is 18.1 Å². The number of hydrogen-bond acceptors (Lipinski definition) is 6. The number of fused-ring (bicyclic) bond motifs is 1. The van der Waals surface area contributed by atoms with Gasteiger partial charge >= 0.3 is 5.97 Å². The number of esters is 1. The Morgan fingerprint density at radius 3 is 2.33 bits per heavy atom. The monoisotopic (exact) mass is 523 g/mol. The fraction of sp³-hybridized carbons (Fsp3) is 0.133. The van der Waals surface area contributed by atoms with E-state index in [1.165, 1.54) is 4.90 Å². The zero-order valence-corrected chi connectivity index (χ0v) is 20.8. The lowest BCUT2D eigenvalue weighted by molar-refractivity contribution is -0.152. The summed E-state index contributed by atoms with van der Waals surface area (Å²) in [6, 6.07) is 29.2. The second-order valence-corrected chi connectivity index (χ2v) is 8.95. The van der Waals surface area contributed by atoms with E-state index in [1.54, 1.807) is 54.6 Å². The molecule has 0 bridgehead atoms. The summed E-state index contributed by atoms with van der Waals surface area (Å²) in [5.74, 6) is -1.45. The molecule has 196 valence electrons. The van der Waals surface area contributed by atoms with Crippen LogP contribution in [0, 0.1) is 5.92 Å². The third-order valence-corrected chi connectivity index (χ3v) is 6.28. The molecule has 2 N–H and O–H groups in total. The molecule has 4 aromatic rings. The zero-order chi connectivity index (χ0) is 27.2. The number of amides is 3. The Hall–Kier alpha value is -5.18. The Morgan fingerprint density at radius 2 is 1.54 bits per heavy atom. The van der Waals surface area contributed by atoms with Gasteiger partial charge in [0, 0.05) is 29.6 Å². The van der Waals surface area contributed by atoms with Crippen LogP contribution in [0.15, 0.2) is 97.1 Å². The van der Waals surface area contributed by atoms with E-state index in [4.69, 9.17) is 9.47 Å². The van der Waals surface area contributed by atoms with Gasteiger partial charge in [0.15, 0.2) is 6.61 Å². The zero-order valence-electron chi connectivity index (χ0n) is 20.8. The molecule has 1 saturated heterocycles. The smallest absolute Gasteiger partial charge is 0.311 e. The van der Waals surface area contributed by atoms with Crippen LogP contribution < -0.4 is 20.5 Å². The summed E-state index contributed by atoms with van der Waals surface area (Å²) in [4.78, 5) is 50.6. The van der Waals surface area contributed by atoms with E-state index in [9.17, 15) is 19.2 Å². The van der Waals surface area contributed by atoms with Crippen LogP contribution >= 0.6 is 0 Å². The summed E-state index contributed by atoms with van der Waals surface area (Å²) in [5.41, 5.74) is 5.45. The first-order chi connectivity index (χ1) is 19.0. The van der Waals surface area contributed by atoms with Gasteiger partial charge in [0.1, 0.15) is 11.5 Å². The molecule has 9 heteroatoms. The first kappa shape index (κ1) is 25.5. The maximum absolute atomic E-state index is 12.6. The minimum absolute atomic E-state index is 0.0283. The van der Waals surface area contributed by atoms with Gasteiger partial charge in [-0.3, -0.25) is 30.0 Å². The largest absolute Gasteiger partial charge is 0.457 e. The van der Waals surface area contributed by atoms with Crippen LogP contribution in [-0.4, -0.2) is 36.8 Å². The lowest BCUT2D eigenvalue weighted by Crippen LogP contribution is -2.43. The predicted molar refractivity (Wildman–Crippen MR) is 144 cm³/mol. The Kier molecular flexibility index (Phi) is 7.49. The molecule has 0 radical (unpaired) electrons. The molecular formula is C30H25N3O6. The second-order valence-electron chi connectivity index (χ2n) is 8.95. The van der Waals surface area contributed by atoms with Crippen molar-refractivity contribution in [2.24, 2.45) is 5.92 Å². The van der Waals surface area contributed by atoms with E-state index >= 15 is 0 Å². The number of nitrogens with zero attached hydrogens (tertiary/aromatic N) is 1. The summed E-state index contributed by atoms with van der Waals surface area (Å²) in [7, 11) is 0. The molecule has 1 atom stereocenters. The average Bonchev–Trinajstić information content (AvgIpc) is 3.37. The molecule has 0 saturated carbocycles. The molecule has 4 aromatic carbocycles. The molecule has 1 aliphatic heterocycles. The van der Waals surface area contributed by atoms with E-state index in [-0.39, 0.29) is 18.9 Å². The predicted octanol–water partition coefficient (Wildman–Crippen LogP) is 3.99.